The maximum Gasteiger partial charge on any atom is 0.419 e. The van der Waals surface area contributed by atoms with E-state index in [2.05, 4.69) is 10.4 Å². The second-order valence-electron chi connectivity index (χ2n) is 5.96. The molecule has 1 aromatic carbocycles. The van der Waals surface area contributed by atoms with E-state index < -0.39 is 23.7 Å². The summed E-state index contributed by atoms with van der Waals surface area (Å²) in [5.74, 6) is -0.847. The van der Waals surface area contributed by atoms with E-state index in [-0.39, 0.29) is 23.6 Å². The molecule has 1 unspecified atom stereocenters. The summed E-state index contributed by atoms with van der Waals surface area (Å²) in [5.41, 5.74) is -1.14. The summed E-state index contributed by atoms with van der Waals surface area (Å²) in [6, 6.07) is 6.84. The second-order valence-corrected chi connectivity index (χ2v) is 5.96. The molecule has 6 nitrogen and oxygen atoms in total. The maximum atomic E-state index is 13.0. The molecule has 2 aromatic rings. The maximum absolute atomic E-state index is 13.0. The van der Waals surface area contributed by atoms with E-state index >= 15 is 0 Å². The van der Waals surface area contributed by atoms with Crippen LogP contribution in [0.25, 0.3) is 0 Å². The van der Waals surface area contributed by atoms with Gasteiger partial charge in [-0.05, 0) is 31.5 Å². The fourth-order valence-corrected chi connectivity index (χ4v) is 2.32. The van der Waals surface area contributed by atoms with Gasteiger partial charge in [-0.3, -0.25) is 9.59 Å². The van der Waals surface area contributed by atoms with Gasteiger partial charge >= 0.3 is 6.18 Å². The molecule has 0 saturated heterocycles. The van der Waals surface area contributed by atoms with Gasteiger partial charge in [-0.25, -0.2) is 4.68 Å². The summed E-state index contributed by atoms with van der Waals surface area (Å²) < 4.78 is 45.3. The van der Waals surface area contributed by atoms with E-state index in [0.717, 1.165) is 6.07 Å². The zero-order chi connectivity index (χ0) is 20.0. The molecule has 1 amide bonds. The Morgan fingerprint density at radius 3 is 2.63 bits per heavy atom. The minimum absolute atomic E-state index is 0.0468. The summed E-state index contributed by atoms with van der Waals surface area (Å²) in [7, 11) is 0. The first-order valence-electron chi connectivity index (χ1n) is 8.40. The van der Waals surface area contributed by atoms with Crippen LogP contribution >= 0.6 is 0 Å². The molecule has 0 saturated carbocycles. The number of carbonyl (C=O) groups is 1. The van der Waals surface area contributed by atoms with Crippen LogP contribution in [0.2, 0.25) is 0 Å². The molecule has 0 fully saturated rings. The molecule has 1 heterocycles. The number of benzene rings is 1. The van der Waals surface area contributed by atoms with Crippen molar-refractivity contribution in [3.63, 3.8) is 0 Å². The smallest absolute Gasteiger partial charge is 0.419 e. The van der Waals surface area contributed by atoms with E-state index in [1.165, 1.54) is 35.0 Å². The lowest BCUT2D eigenvalue weighted by atomic mass is 10.2. The van der Waals surface area contributed by atoms with Gasteiger partial charge in [0.2, 0.25) is 0 Å². The van der Waals surface area contributed by atoms with Crippen molar-refractivity contribution in [1.82, 2.24) is 15.1 Å². The number of ether oxygens (including phenoxy) is 1. The van der Waals surface area contributed by atoms with Crippen molar-refractivity contribution in [2.75, 3.05) is 6.61 Å². The van der Waals surface area contributed by atoms with E-state index in [4.69, 9.17) is 4.74 Å². The number of aryl methyl sites for hydroxylation is 1. The summed E-state index contributed by atoms with van der Waals surface area (Å²) in [6.45, 7) is 3.69. The van der Waals surface area contributed by atoms with Crippen LogP contribution in [-0.2, 0) is 12.7 Å². The van der Waals surface area contributed by atoms with Gasteiger partial charge < -0.3 is 10.1 Å². The number of rotatable bonds is 7. The first-order valence-corrected chi connectivity index (χ1v) is 8.40. The Morgan fingerprint density at radius 1 is 1.26 bits per heavy atom. The Kier molecular flexibility index (Phi) is 6.59. The monoisotopic (exact) mass is 383 g/mol. The van der Waals surface area contributed by atoms with Crippen LogP contribution in [0.4, 0.5) is 13.2 Å². The molecule has 0 aliphatic carbocycles. The zero-order valence-electron chi connectivity index (χ0n) is 14.9. The predicted molar refractivity (Wildman–Crippen MR) is 92.7 cm³/mol. The number of aromatic nitrogens is 2. The highest BCUT2D eigenvalue weighted by Crippen LogP contribution is 2.35. The normalized spacial score (nSPS) is 12.5. The van der Waals surface area contributed by atoms with Crippen molar-refractivity contribution >= 4 is 5.91 Å². The number of halogens is 3. The van der Waals surface area contributed by atoms with E-state index in [9.17, 15) is 22.8 Å². The zero-order valence-corrected chi connectivity index (χ0v) is 14.9. The third-order valence-electron chi connectivity index (χ3n) is 3.59. The molecule has 1 N–H and O–H groups in total. The number of hydrogen-bond donors (Lipinski definition) is 1. The van der Waals surface area contributed by atoms with Gasteiger partial charge in [0, 0.05) is 12.6 Å². The third-order valence-corrected chi connectivity index (χ3v) is 3.59. The average Bonchev–Trinajstić information content (AvgIpc) is 2.61. The SMILES string of the molecule is CCCn1nc(C(=O)NC(C)COc2ccccc2C(F)(F)F)ccc1=O. The third kappa shape index (κ3) is 5.57. The fourth-order valence-electron chi connectivity index (χ4n) is 2.32. The molecule has 0 radical (unpaired) electrons. The van der Waals surface area contributed by atoms with Gasteiger partial charge in [-0.1, -0.05) is 19.1 Å². The Bertz CT molecular complexity index is 849. The van der Waals surface area contributed by atoms with Gasteiger partial charge in [-0.15, -0.1) is 0 Å². The number of nitrogens with zero attached hydrogens (tertiary/aromatic N) is 2. The van der Waals surface area contributed by atoms with Crippen LogP contribution in [0.5, 0.6) is 5.75 Å². The molecule has 27 heavy (non-hydrogen) atoms. The number of amides is 1. The van der Waals surface area contributed by atoms with Crippen molar-refractivity contribution < 1.29 is 22.7 Å². The Morgan fingerprint density at radius 2 is 1.96 bits per heavy atom. The van der Waals surface area contributed by atoms with Crippen molar-refractivity contribution in [1.29, 1.82) is 0 Å². The van der Waals surface area contributed by atoms with Gasteiger partial charge in [-0.2, -0.15) is 18.3 Å². The van der Waals surface area contributed by atoms with Crippen LogP contribution in [0, 0.1) is 0 Å². The lowest BCUT2D eigenvalue weighted by Crippen LogP contribution is -2.38. The highest BCUT2D eigenvalue weighted by molar-refractivity contribution is 5.92. The number of para-hydroxylation sites is 1. The lowest BCUT2D eigenvalue weighted by Gasteiger charge is -2.18. The average molecular weight is 383 g/mol. The molecule has 1 atom stereocenters. The van der Waals surface area contributed by atoms with Crippen molar-refractivity contribution in [2.24, 2.45) is 0 Å². The molecule has 1 aromatic heterocycles. The summed E-state index contributed by atoms with van der Waals surface area (Å²) in [4.78, 5) is 23.9. The molecular weight excluding hydrogens is 363 g/mol. The Labute approximate surface area is 154 Å². The number of hydrogen-bond acceptors (Lipinski definition) is 4. The largest absolute Gasteiger partial charge is 0.491 e. The first-order chi connectivity index (χ1) is 12.7. The molecular formula is C18H20F3N3O3. The molecule has 146 valence electrons. The van der Waals surface area contributed by atoms with Crippen LogP contribution in [-0.4, -0.2) is 28.3 Å². The predicted octanol–water partition coefficient (Wildman–Crippen LogP) is 2.87. The molecule has 0 bridgehead atoms. The minimum Gasteiger partial charge on any atom is -0.491 e. The van der Waals surface area contributed by atoms with Crippen LogP contribution in [0.15, 0.2) is 41.2 Å². The fraction of sp³-hybridized carbons (Fsp3) is 0.389. The molecule has 2 rings (SSSR count). The highest BCUT2D eigenvalue weighted by atomic mass is 19.4. The summed E-state index contributed by atoms with van der Waals surface area (Å²) in [6.07, 6.45) is -3.85. The molecule has 9 heteroatoms. The van der Waals surface area contributed by atoms with Crippen LogP contribution in [0.1, 0.15) is 36.3 Å². The van der Waals surface area contributed by atoms with Crippen LogP contribution in [0.3, 0.4) is 0 Å². The number of carbonyl (C=O) groups excluding carboxylic acids is 1. The van der Waals surface area contributed by atoms with E-state index in [1.54, 1.807) is 6.92 Å². The summed E-state index contributed by atoms with van der Waals surface area (Å²) >= 11 is 0. The van der Waals surface area contributed by atoms with Gasteiger partial charge in [0.1, 0.15) is 18.1 Å². The molecule has 0 aliphatic rings. The topological polar surface area (TPSA) is 73.2 Å². The van der Waals surface area contributed by atoms with Crippen molar-refractivity contribution in [2.45, 2.75) is 39.0 Å². The molecule has 0 aliphatic heterocycles. The minimum atomic E-state index is -4.53. The number of alkyl halides is 3. The first kappa shape index (κ1) is 20.5. The van der Waals surface area contributed by atoms with Gasteiger partial charge in [0.05, 0.1) is 11.6 Å². The van der Waals surface area contributed by atoms with Gasteiger partial charge in [0.25, 0.3) is 11.5 Å². The van der Waals surface area contributed by atoms with Crippen molar-refractivity contribution in [3.8, 4) is 5.75 Å². The standard InChI is InChI=1S/C18H20F3N3O3/c1-3-10-24-16(25)9-8-14(23-24)17(26)22-12(2)11-27-15-7-5-4-6-13(15)18(19,20)21/h4-9,12H,3,10-11H2,1-2H3,(H,22,26). The summed E-state index contributed by atoms with van der Waals surface area (Å²) in [5, 5.41) is 6.57. The Balaban J connectivity index is 2.00. The molecule has 0 spiro atoms. The lowest BCUT2D eigenvalue weighted by molar-refractivity contribution is -0.139. The number of nitrogens with one attached hydrogen (secondary N) is 1. The van der Waals surface area contributed by atoms with Gasteiger partial charge in [0.15, 0.2) is 0 Å². The quantitative estimate of drug-likeness (QED) is 0.798. The Hall–Kier alpha value is -2.84. The van der Waals surface area contributed by atoms with Crippen LogP contribution < -0.4 is 15.6 Å². The second kappa shape index (κ2) is 8.70. The van der Waals surface area contributed by atoms with E-state index in [1.807, 2.05) is 6.92 Å². The highest BCUT2D eigenvalue weighted by Gasteiger charge is 2.34. The van der Waals surface area contributed by atoms with E-state index in [0.29, 0.717) is 13.0 Å². The van der Waals surface area contributed by atoms with Crippen molar-refractivity contribution in [3.05, 3.63) is 58.0 Å².